The monoisotopic (exact) mass is 226 g/mol. The van der Waals surface area contributed by atoms with Gasteiger partial charge in [0.15, 0.2) is 5.75 Å². The minimum atomic E-state index is -0.443. The molecule has 0 bridgehead atoms. The van der Waals surface area contributed by atoms with Crippen LogP contribution in [-0.2, 0) is 0 Å². The van der Waals surface area contributed by atoms with E-state index in [1.54, 1.807) is 42.5 Å². The van der Waals surface area contributed by atoms with Crippen LogP contribution in [0.5, 0.6) is 5.75 Å². The highest BCUT2D eigenvalue weighted by Gasteiger charge is 2.05. The first-order valence-corrected chi connectivity index (χ1v) is 5.10. The molecule has 0 atom stereocenters. The van der Waals surface area contributed by atoms with Gasteiger partial charge in [0.05, 0.1) is 0 Å². The molecule has 1 N–H and O–H groups in total. The van der Waals surface area contributed by atoms with Crippen LogP contribution < -0.4 is 5.43 Å². The Bertz CT molecular complexity index is 618. The molecule has 3 heteroatoms. The molecule has 2 aromatic carbocycles. The fourth-order valence-corrected chi connectivity index (χ4v) is 1.60. The van der Waals surface area contributed by atoms with E-state index in [0.717, 1.165) is 6.29 Å². The highest BCUT2D eigenvalue weighted by atomic mass is 16.3. The third-order valence-electron chi connectivity index (χ3n) is 2.44. The second kappa shape index (κ2) is 4.61. The van der Waals surface area contributed by atoms with Crippen molar-refractivity contribution < 1.29 is 9.90 Å². The van der Waals surface area contributed by atoms with Gasteiger partial charge in [-0.1, -0.05) is 36.4 Å². The lowest BCUT2D eigenvalue weighted by atomic mass is 10.0. The van der Waals surface area contributed by atoms with Gasteiger partial charge in [-0.05, 0) is 17.7 Å². The van der Waals surface area contributed by atoms with Gasteiger partial charge in [0.2, 0.25) is 5.43 Å². The molecule has 2 aromatic rings. The first-order valence-electron chi connectivity index (χ1n) is 5.10. The summed E-state index contributed by atoms with van der Waals surface area (Å²) in [6.07, 6.45) is 0.724. The quantitative estimate of drug-likeness (QED) is 0.799. The average Bonchev–Trinajstić information content (AvgIpc) is 2.53. The number of aromatic hydroxyl groups is 1. The molecule has 0 heterocycles. The summed E-state index contributed by atoms with van der Waals surface area (Å²) in [5, 5.41) is 9.77. The molecule has 0 spiro atoms. The molecule has 0 fully saturated rings. The Morgan fingerprint density at radius 3 is 2.53 bits per heavy atom. The van der Waals surface area contributed by atoms with Gasteiger partial charge in [0, 0.05) is 11.1 Å². The Morgan fingerprint density at radius 1 is 1.00 bits per heavy atom. The standard InChI is InChI=1S/C14H10O3/c15-9-10-4-3-5-11(8-10)12-6-1-2-7-13(16)14(12)17/h1-9H,(H,16,17). The maximum absolute atomic E-state index is 11.4. The molecule has 0 radical (unpaired) electrons. The smallest absolute Gasteiger partial charge is 0.220 e. The summed E-state index contributed by atoms with van der Waals surface area (Å²) < 4.78 is 0. The predicted octanol–water partition coefficient (Wildman–Crippen LogP) is 2.23. The summed E-state index contributed by atoms with van der Waals surface area (Å²) in [5.41, 5.74) is 1.12. The molecule has 0 amide bonds. The molecule has 0 aliphatic rings. The normalized spacial score (nSPS) is 9.88. The van der Waals surface area contributed by atoms with Crippen LogP contribution in [0.3, 0.4) is 0 Å². The molecule has 0 saturated heterocycles. The van der Waals surface area contributed by atoms with E-state index in [4.69, 9.17) is 0 Å². The van der Waals surface area contributed by atoms with Crippen molar-refractivity contribution in [1.29, 1.82) is 0 Å². The number of carbonyl (C=O) groups excluding carboxylic acids is 1. The van der Waals surface area contributed by atoms with Gasteiger partial charge < -0.3 is 5.11 Å². The van der Waals surface area contributed by atoms with Crippen LogP contribution in [0.25, 0.3) is 11.1 Å². The number of hydrogen-bond acceptors (Lipinski definition) is 3. The second-order valence-corrected chi connectivity index (χ2v) is 3.59. The molecule has 84 valence electrons. The van der Waals surface area contributed by atoms with Crippen molar-refractivity contribution in [3.8, 4) is 16.9 Å². The molecule has 0 aliphatic heterocycles. The molecule has 17 heavy (non-hydrogen) atoms. The van der Waals surface area contributed by atoms with Crippen LogP contribution in [0.2, 0.25) is 0 Å². The maximum atomic E-state index is 11.4. The topological polar surface area (TPSA) is 54.4 Å². The summed E-state index contributed by atoms with van der Waals surface area (Å²) in [4.78, 5) is 22.1. The Hall–Kier alpha value is -2.42. The van der Waals surface area contributed by atoms with Crippen molar-refractivity contribution in [2.24, 2.45) is 0 Å². The van der Waals surface area contributed by atoms with Gasteiger partial charge in [-0.15, -0.1) is 0 Å². The number of rotatable bonds is 2. The van der Waals surface area contributed by atoms with E-state index in [1.807, 2.05) is 0 Å². The predicted molar refractivity (Wildman–Crippen MR) is 65.2 cm³/mol. The molecule has 0 aromatic heterocycles. The van der Waals surface area contributed by atoms with Crippen molar-refractivity contribution in [2.75, 3.05) is 0 Å². The molecular formula is C14H10O3. The third-order valence-corrected chi connectivity index (χ3v) is 2.44. The number of carbonyl (C=O) groups is 1. The van der Waals surface area contributed by atoms with Gasteiger partial charge in [-0.25, -0.2) is 0 Å². The van der Waals surface area contributed by atoms with Gasteiger partial charge in [-0.2, -0.15) is 0 Å². The van der Waals surface area contributed by atoms with Crippen LogP contribution >= 0.6 is 0 Å². The minimum absolute atomic E-state index is 0.307. The van der Waals surface area contributed by atoms with E-state index in [0.29, 0.717) is 16.7 Å². The fourth-order valence-electron chi connectivity index (χ4n) is 1.60. The molecule has 3 nitrogen and oxygen atoms in total. The minimum Gasteiger partial charge on any atom is -0.504 e. The van der Waals surface area contributed by atoms with Crippen molar-refractivity contribution in [3.63, 3.8) is 0 Å². The van der Waals surface area contributed by atoms with Crippen LogP contribution in [0.4, 0.5) is 0 Å². The zero-order chi connectivity index (χ0) is 12.3. The second-order valence-electron chi connectivity index (χ2n) is 3.59. The molecule has 2 rings (SSSR count). The molecule has 0 unspecified atom stereocenters. The van der Waals surface area contributed by atoms with Crippen molar-refractivity contribution in [2.45, 2.75) is 0 Å². The van der Waals surface area contributed by atoms with Crippen molar-refractivity contribution in [3.05, 3.63) is 64.3 Å². The number of aldehydes is 1. The first kappa shape index (κ1) is 11.1. The van der Waals surface area contributed by atoms with Crippen LogP contribution in [-0.4, -0.2) is 11.4 Å². The SMILES string of the molecule is O=Cc1cccc(-c2ccccc(=O)c2O)c1. The maximum Gasteiger partial charge on any atom is 0.220 e. The van der Waals surface area contributed by atoms with Crippen LogP contribution in [0.1, 0.15) is 10.4 Å². The van der Waals surface area contributed by atoms with Gasteiger partial charge in [0.1, 0.15) is 6.29 Å². The number of hydrogen-bond donors (Lipinski definition) is 1. The van der Waals surface area contributed by atoms with Gasteiger partial charge >= 0.3 is 0 Å². The van der Waals surface area contributed by atoms with E-state index in [-0.39, 0.29) is 5.75 Å². The Labute approximate surface area is 98.0 Å². The summed E-state index contributed by atoms with van der Waals surface area (Å²) in [7, 11) is 0. The van der Waals surface area contributed by atoms with Crippen LogP contribution in [0, 0.1) is 0 Å². The summed E-state index contributed by atoms with van der Waals surface area (Å²) in [6, 6.07) is 12.9. The Balaban J connectivity index is 2.69. The lowest BCUT2D eigenvalue weighted by Gasteiger charge is -2.01. The highest BCUT2D eigenvalue weighted by Crippen LogP contribution is 2.25. The lowest BCUT2D eigenvalue weighted by molar-refractivity contribution is 0.112. The third kappa shape index (κ3) is 2.23. The lowest BCUT2D eigenvalue weighted by Crippen LogP contribution is -1.94. The molecule has 0 saturated carbocycles. The van der Waals surface area contributed by atoms with Crippen molar-refractivity contribution >= 4 is 6.29 Å². The molecule has 0 aliphatic carbocycles. The first-order chi connectivity index (χ1) is 8.22. The Morgan fingerprint density at radius 2 is 1.76 bits per heavy atom. The van der Waals surface area contributed by atoms with Gasteiger partial charge in [0.25, 0.3) is 0 Å². The number of benzene rings is 1. The summed E-state index contributed by atoms with van der Waals surface area (Å²) >= 11 is 0. The van der Waals surface area contributed by atoms with Crippen LogP contribution in [0.15, 0.2) is 53.3 Å². The van der Waals surface area contributed by atoms with E-state index in [2.05, 4.69) is 0 Å². The van der Waals surface area contributed by atoms with E-state index >= 15 is 0 Å². The highest BCUT2D eigenvalue weighted by molar-refractivity contribution is 5.80. The van der Waals surface area contributed by atoms with E-state index in [1.165, 1.54) is 6.07 Å². The molecular weight excluding hydrogens is 216 g/mol. The van der Waals surface area contributed by atoms with Crippen molar-refractivity contribution in [1.82, 2.24) is 0 Å². The average molecular weight is 226 g/mol. The summed E-state index contributed by atoms with van der Waals surface area (Å²) in [6.45, 7) is 0. The summed E-state index contributed by atoms with van der Waals surface area (Å²) in [5.74, 6) is -0.307. The van der Waals surface area contributed by atoms with E-state index in [9.17, 15) is 14.7 Å². The van der Waals surface area contributed by atoms with E-state index < -0.39 is 5.43 Å². The zero-order valence-corrected chi connectivity index (χ0v) is 8.96. The van der Waals surface area contributed by atoms with Gasteiger partial charge in [-0.3, -0.25) is 9.59 Å². The Kier molecular flexibility index (Phi) is 3.01. The largest absolute Gasteiger partial charge is 0.504 e. The zero-order valence-electron chi connectivity index (χ0n) is 8.96. The fraction of sp³-hybridized carbons (Fsp3) is 0.